The summed E-state index contributed by atoms with van der Waals surface area (Å²) in [4.78, 5) is 2.56. The highest BCUT2D eigenvalue weighted by Gasteiger charge is 2.19. The van der Waals surface area contributed by atoms with Crippen LogP contribution in [0.1, 0.15) is 38.6 Å². The first kappa shape index (κ1) is 11.5. The largest absolute Gasteiger partial charge is 0.384 e. The smallest absolute Gasteiger partial charge is 0.121 e. The normalized spacial score (nSPS) is 23.2. The van der Waals surface area contributed by atoms with Crippen LogP contribution in [0.2, 0.25) is 0 Å². The van der Waals surface area contributed by atoms with E-state index in [0.29, 0.717) is 6.04 Å². The lowest BCUT2D eigenvalue weighted by atomic mass is 10.1. The van der Waals surface area contributed by atoms with Crippen LogP contribution in [-0.4, -0.2) is 34.3 Å². The minimum atomic E-state index is 0.497. The summed E-state index contributed by atoms with van der Waals surface area (Å²) in [6.07, 6.45) is 6.67. The molecule has 0 aromatic carbocycles. The molecule has 0 bridgehead atoms. The van der Waals surface area contributed by atoms with Crippen LogP contribution in [0.4, 0.5) is 5.82 Å². The maximum atomic E-state index is 5.90. The number of nitrogens with zero attached hydrogens (tertiary/aromatic N) is 3. The topological polar surface area (TPSA) is 47.1 Å². The van der Waals surface area contributed by atoms with Gasteiger partial charge in [0.05, 0.1) is 12.2 Å². The van der Waals surface area contributed by atoms with Gasteiger partial charge in [-0.15, -0.1) is 0 Å². The van der Waals surface area contributed by atoms with Crippen LogP contribution in [0.15, 0.2) is 12.3 Å². The highest BCUT2D eigenvalue weighted by atomic mass is 15.3. The third-order valence-electron chi connectivity index (χ3n) is 3.38. The molecule has 2 heterocycles. The van der Waals surface area contributed by atoms with Gasteiger partial charge in [0.25, 0.3) is 0 Å². The van der Waals surface area contributed by atoms with E-state index in [1.54, 1.807) is 6.20 Å². The Hall–Kier alpha value is -1.03. The van der Waals surface area contributed by atoms with E-state index in [1.807, 2.05) is 10.7 Å². The number of nitrogens with two attached hydrogens (primary N) is 1. The van der Waals surface area contributed by atoms with Gasteiger partial charge in [0.2, 0.25) is 0 Å². The molecule has 1 saturated heterocycles. The lowest BCUT2D eigenvalue weighted by molar-refractivity contribution is 0.280. The fourth-order valence-corrected chi connectivity index (χ4v) is 2.55. The fraction of sp³-hybridized carbons (Fsp3) is 0.750. The molecule has 0 amide bonds. The van der Waals surface area contributed by atoms with Gasteiger partial charge in [-0.1, -0.05) is 6.92 Å². The van der Waals surface area contributed by atoms with Crippen molar-refractivity contribution in [1.82, 2.24) is 14.7 Å². The van der Waals surface area contributed by atoms with Gasteiger partial charge >= 0.3 is 0 Å². The minimum absolute atomic E-state index is 0.497. The van der Waals surface area contributed by atoms with Crippen molar-refractivity contribution in [2.45, 2.75) is 38.6 Å². The first-order valence-electron chi connectivity index (χ1n) is 6.32. The molecular weight excluding hydrogens is 200 g/mol. The van der Waals surface area contributed by atoms with Crippen LogP contribution >= 0.6 is 0 Å². The number of rotatable bonds is 3. The standard InChI is InChI=1S/C12H22N4/c1-2-8-15-9-3-4-11(6-10-15)16-12(13)5-7-14-16/h5,7,11H,2-4,6,8-10,13H2,1H3. The van der Waals surface area contributed by atoms with E-state index in [4.69, 9.17) is 5.73 Å². The van der Waals surface area contributed by atoms with Crippen molar-refractivity contribution in [3.05, 3.63) is 12.3 Å². The summed E-state index contributed by atoms with van der Waals surface area (Å²) in [6, 6.07) is 2.38. The van der Waals surface area contributed by atoms with E-state index in [-0.39, 0.29) is 0 Å². The molecule has 4 nitrogen and oxygen atoms in total. The average Bonchev–Trinajstić information content (AvgIpc) is 2.57. The summed E-state index contributed by atoms with van der Waals surface area (Å²) >= 11 is 0. The number of hydrogen-bond donors (Lipinski definition) is 1. The monoisotopic (exact) mass is 222 g/mol. The van der Waals surface area contributed by atoms with Crippen LogP contribution in [0.3, 0.4) is 0 Å². The summed E-state index contributed by atoms with van der Waals surface area (Å²) in [5.41, 5.74) is 5.90. The van der Waals surface area contributed by atoms with Gasteiger partial charge in [0.15, 0.2) is 0 Å². The van der Waals surface area contributed by atoms with E-state index in [9.17, 15) is 0 Å². The SMILES string of the molecule is CCCN1CCCC(n2nccc2N)CC1. The molecule has 1 fully saturated rings. The van der Waals surface area contributed by atoms with E-state index in [2.05, 4.69) is 16.9 Å². The summed E-state index contributed by atoms with van der Waals surface area (Å²) in [5.74, 6) is 0.800. The Balaban J connectivity index is 1.96. The zero-order valence-electron chi connectivity index (χ0n) is 10.1. The molecule has 1 aliphatic heterocycles. The molecule has 1 aliphatic rings. The molecule has 16 heavy (non-hydrogen) atoms. The molecule has 2 rings (SSSR count). The molecule has 1 unspecified atom stereocenters. The van der Waals surface area contributed by atoms with Crippen molar-refractivity contribution < 1.29 is 0 Å². The van der Waals surface area contributed by atoms with Crippen LogP contribution < -0.4 is 5.73 Å². The highest BCUT2D eigenvalue weighted by molar-refractivity contribution is 5.26. The molecule has 0 aliphatic carbocycles. The van der Waals surface area contributed by atoms with Gasteiger partial charge in [0.1, 0.15) is 5.82 Å². The zero-order chi connectivity index (χ0) is 11.4. The first-order valence-corrected chi connectivity index (χ1v) is 6.32. The number of nitrogen functional groups attached to an aromatic ring is 1. The van der Waals surface area contributed by atoms with Gasteiger partial charge in [0, 0.05) is 6.54 Å². The number of hydrogen-bond acceptors (Lipinski definition) is 3. The minimum Gasteiger partial charge on any atom is -0.384 e. The number of likely N-dealkylation sites (tertiary alicyclic amines) is 1. The first-order chi connectivity index (χ1) is 7.81. The molecule has 1 aromatic rings. The van der Waals surface area contributed by atoms with Crippen LogP contribution in [0.25, 0.3) is 0 Å². The van der Waals surface area contributed by atoms with Crippen LogP contribution in [0.5, 0.6) is 0 Å². The molecule has 1 aromatic heterocycles. The second-order valence-electron chi connectivity index (χ2n) is 4.63. The summed E-state index contributed by atoms with van der Waals surface area (Å²) in [7, 11) is 0. The van der Waals surface area contributed by atoms with E-state index in [1.165, 1.54) is 45.3 Å². The molecular formula is C12H22N4. The van der Waals surface area contributed by atoms with E-state index < -0.39 is 0 Å². The third-order valence-corrected chi connectivity index (χ3v) is 3.38. The van der Waals surface area contributed by atoms with Gasteiger partial charge in [-0.3, -0.25) is 0 Å². The molecule has 2 N–H and O–H groups in total. The fourth-order valence-electron chi connectivity index (χ4n) is 2.55. The van der Waals surface area contributed by atoms with Gasteiger partial charge in [-0.2, -0.15) is 5.10 Å². The lowest BCUT2D eigenvalue weighted by Crippen LogP contribution is -2.25. The molecule has 0 radical (unpaired) electrons. The summed E-state index contributed by atoms with van der Waals surface area (Å²) in [5, 5.41) is 4.33. The van der Waals surface area contributed by atoms with Crippen molar-refractivity contribution in [3.63, 3.8) is 0 Å². The highest BCUT2D eigenvalue weighted by Crippen LogP contribution is 2.24. The Morgan fingerprint density at radius 3 is 3.00 bits per heavy atom. The van der Waals surface area contributed by atoms with Gasteiger partial charge in [-0.25, -0.2) is 4.68 Å². The molecule has 0 spiro atoms. The maximum absolute atomic E-state index is 5.90. The van der Waals surface area contributed by atoms with Crippen molar-refractivity contribution in [2.75, 3.05) is 25.4 Å². The number of anilines is 1. The van der Waals surface area contributed by atoms with Gasteiger partial charge < -0.3 is 10.6 Å². The quantitative estimate of drug-likeness (QED) is 0.849. The van der Waals surface area contributed by atoms with Crippen molar-refractivity contribution >= 4 is 5.82 Å². The van der Waals surface area contributed by atoms with Crippen molar-refractivity contribution in [2.24, 2.45) is 0 Å². The van der Waals surface area contributed by atoms with Gasteiger partial charge in [-0.05, 0) is 44.8 Å². The Labute approximate surface area is 97.4 Å². The molecule has 1 atom stereocenters. The predicted octanol–water partition coefficient (Wildman–Crippen LogP) is 1.90. The molecule has 4 heteroatoms. The van der Waals surface area contributed by atoms with Crippen LogP contribution in [-0.2, 0) is 0 Å². The Morgan fingerprint density at radius 1 is 1.44 bits per heavy atom. The molecule has 0 saturated carbocycles. The Bertz CT molecular complexity index is 321. The predicted molar refractivity (Wildman–Crippen MR) is 66.3 cm³/mol. The maximum Gasteiger partial charge on any atom is 0.121 e. The van der Waals surface area contributed by atoms with E-state index in [0.717, 1.165) is 5.82 Å². The summed E-state index contributed by atoms with van der Waals surface area (Å²) < 4.78 is 2.00. The Morgan fingerprint density at radius 2 is 2.31 bits per heavy atom. The lowest BCUT2D eigenvalue weighted by Gasteiger charge is -2.19. The number of aromatic nitrogens is 2. The average molecular weight is 222 g/mol. The van der Waals surface area contributed by atoms with Crippen LogP contribution in [0, 0.1) is 0 Å². The second-order valence-corrected chi connectivity index (χ2v) is 4.63. The Kier molecular flexibility index (Phi) is 3.83. The zero-order valence-corrected chi connectivity index (χ0v) is 10.1. The van der Waals surface area contributed by atoms with E-state index >= 15 is 0 Å². The van der Waals surface area contributed by atoms with Crippen molar-refractivity contribution in [3.8, 4) is 0 Å². The molecule has 90 valence electrons. The summed E-state index contributed by atoms with van der Waals surface area (Å²) in [6.45, 7) is 5.87. The third kappa shape index (κ3) is 2.55. The second kappa shape index (κ2) is 5.34. The van der Waals surface area contributed by atoms with Crippen molar-refractivity contribution in [1.29, 1.82) is 0 Å².